The fourth-order valence-corrected chi connectivity index (χ4v) is 3.21. The zero-order chi connectivity index (χ0) is 14.2. The van der Waals surface area contributed by atoms with Gasteiger partial charge in [-0.3, -0.25) is 9.78 Å². The Labute approximate surface area is 117 Å². The van der Waals surface area contributed by atoms with Gasteiger partial charge in [-0.1, -0.05) is 0 Å². The fourth-order valence-electron chi connectivity index (χ4n) is 3.21. The summed E-state index contributed by atoms with van der Waals surface area (Å²) in [6.07, 6.45) is 2.80. The van der Waals surface area contributed by atoms with Gasteiger partial charge in [-0.05, 0) is 6.07 Å². The van der Waals surface area contributed by atoms with E-state index >= 15 is 0 Å². The van der Waals surface area contributed by atoms with Crippen molar-refractivity contribution in [3.05, 3.63) is 24.0 Å². The molecule has 2 saturated heterocycles. The van der Waals surface area contributed by atoms with Crippen molar-refractivity contribution in [2.45, 2.75) is 0 Å². The number of pyridine rings is 1. The number of likely N-dealkylation sites (tertiary alicyclic amines) is 1. The van der Waals surface area contributed by atoms with Crippen molar-refractivity contribution in [3.63, 3.8) is 0 Å². The number of aromatic hydroxyl groups is 1. The molecule has 1 N–H and O–H groups in total. The van der Waals surface area contributed by atoms with Crippen LogP contribution in [0.25, 0.3) is 0 Å². The second-order valence-corrected chi connectivity index (χ2v) is 5.62. The van der Waals surface area contributed by atoms with Gasteiger partial charge in [-0.15, -0.1) is 0 Å². The maximum Gasteiger partial charge on any atom is 0.255 e. The molecular weight excluding hydrogens is 260 g/mol. The number of hydrogen-bond acceptors (Lipinski definition) is 5. The quantitative estimate of drug-likeness (QED) is 0.873. The zero-order valence-corrected chi connectivity index (χ0v) is 11.4. The number of aromatic nitrogens is 1. The van der Waals surface area contributed by atoms with Crippen LogP contribution in [0.3, 0.4) is 0 Å². The molecule has 1 aromatic rings. The number of amides is 1. The van der Waals surface area contributed by atoms with E-state index in [2.05, 4.69) is 4.98 Å². The topological polar surface area (TPSA) is 71.9 Å². The number of nitrogens with zero attached hydrogens (tertiary/aromatic N) is 2. The van der Waals surface area contributed by atoms with Gasteiger partial charge < -0.3 is 19.5 Å². The number of hydrogen-bond donors (Lipinski definition) is 1. The molecule has 0 aliphatic carbocycles. The summed E-state index contributed by atoms with van der Waals surface area (Å²) in [6.45, 7) is 3.19. The molecule has 1 amide bonds. The van der Waals surface area contributed by atoms with E-state index in [-0.39, 0.29) is 17.1 Å². The number of carbonyl (C=O) groups excluding carboxylic acids is 1. The highest BCUT2D eigenvalue weighted by Gasteiger charge is 2.51. The number of ether oxygens (including phenoxy) is 2. The Morgan fingerprint density at radius 3 is 3.25 bits per heavy atom. The van der Waals surface area contributed by atoms with E-state index in [0.29, 0.717) is 44.4 Å². The summed E-state index contributed by atoms with van der Waals surface area (Å²) in [5.41, 5.74) is 0.327. The van der Waals surface area contributed by atoms with E-state index in [9.17, 15) is 9.90 Å². The highest BCUT2D eigenvalue weighted by molar-refractivity contribution is 5.94. The summed E-state index contributed by atoms with van der Waals surface area (Å²) in [5, 5.41) is 9.43. The molecule has 0 bridgehead atoms. The van der Waals surface area contributed by atoms with E-state index in [1.54, 1.807) is 7.11 Å². The molecule has 0 spiro atoms. The lowest BCUT2D eigenvalue weighted by Crippen LogP contribution is -2.37. The molecule has 6 heteroatoms. The first-order chi connectivity index (χ1) is 9.64. The van der Waals surface area contributed by atoms with Crippen LogP contribution in [0.1, 0.15) is 10.4 Å². The molecule has 0 saturated carbocycles. The van der Waals surface area contributed by atoms with Gasteiger partial charge in [0.25, 0.3) is 5.91 Å². The fraction of sp³-hybridized carbons (Fsp3) is 0.571. The van der Waals surface area contributed by atoms with Crippen molar-refractivity contribution in [3.8, 4) is 5.75 Å². The van der Waals surface area contributed by atoms with Gasteiger partial charge in [-0.2, -0.15) is 0 Å². The van der Waals surface area contributed by atoms with Crippen molar-refractivity contribution in [2.24, 2.45) is 11.3 Å². The minimum absolute atomic E-state index is 0.00480. The van der Waals surface area contributed by atoms with Gasteiger partial charge in [-0.25, -0.2) is 0 Å². The van der Waals surface area contributed by atoms with Crippen LogP contribution in [0.2, 0.25) is 0 Å². The molecule has 2 aliphatic heterocycles. The summed E-state index contributed by atoms with van der Waals surface area (Å²) in [5.74, 6) is 0.222. The van der Waals surface area contributed by atoms with Crippen LogP contribution in [0.5, 0.6) is 5.75 Å². The minimum atomic E-state index is -0.0988. The molecule has 2 fully saturated rings. The smallest absolute Gasteiger partial charge is 0.255 e. The van der Waals surface area contributed by atoms with Gasteiger partial charge in [0.15, 0.2) is 0 Å². The second-order valence-electron chi connectivity index (χ2n) is 5.62. The molecule has 2 aliphatic rings. The molecular formula is C14H18N2O4. The van der Waals surface area contributed by atoms with Crippen LogP contribution < -0.4 is 0 Å². The van der Waals surface area contributed by atoms with E-state index < -0.39 is 0 Å². The predicted molar refractivity (Wildman–Crippen MR) is 70.4 cm³/mol. The number of rotatable bonds is 3. The molecule has 20 heavy (non-hydrogen) atoms. The molecule has 2 atom stereocenters. The summed E-state index contributed by atoms with van der Waals surface area (Å²) >= 11 is 0. The van der Waals surface area contributed by atoms with Crippen LogP contribution in [-0.2, 0) is 9.47 Å². The Bertz CT molecular complexity index is 522. The molecule has 0 unspecified atom stereocenters. The molecule has 0 radical (unpaired) electrons. The largest absolute Gasteiger partial charge is 0.506 e. The first-order valence-corrected chi connectivity index (χ1v) is 6.64. The minimum Gasteiger partial charge on any atom is -0.506 e. The van der Waals surface area contributed by atoms with Crippen molar-refractivity contribution in [1.29, 1.82) is 0 Å². The number of methoxy groups -OCH3 is 1. The van der Waals surface area contributed by atoms with Crippen molar-refractivity contribution in [1.82, 2.24) is 9.88 Å². The average Bonchev–Trinajstić information content (AvgIpc) is 2.95. The van der Waals surface area contributed by atoms with E-state index in [1.165, 1.54) is 18.5 Å². The predicted octanol–water partition coefficient (Wildman–Crippen LogP) is 0.522. The normalized spacial score (nSPS) is 28.6. The zero-order valence-electron chi connectivity index (χ0n) is 11.4. The summed E-state index contributed by atoms with van der Waals surface area (Å²) in [6, 6.07) is 1.45. The van der Waals surface area contributed by atoms with Crippen molar-refractivity contribution in [2.75, 3.05) is 40.0 Å². The maximum atomic E-state index is 12.5. The second kappa shape index (κ2) is 5.03. The van der Waals surface area contributed by atoms with Crippen molar-refractivity contribution < 1.29 is 19.4 Å². The van der Waals surface area contributed by atoms with Crippen LogP contribution in [0.4, 0.5) is 0 Å². The Kier molecular flexibility index (Phi) is 3.35. The Hall–Kier alpha value is -1.66. The molecule has 0 aromatic carbocycles. The standard InChI is InChI=1S/C14H18N2O4/c1-19-8-14-7-16(5-11(14)6-20-9-14)13(18)10-2-12(17)4-15-3-10/h2-4,11,17H,5-9H2,1H3/t11-,14-/m0/s1. The SMILES string of the molecule is COC[C@@]12COC[C@@H]1CN(C(=O)c1cncc(O)c1)C2. The third-order valence-corrected chi connectivity index (χ3v) is 4.21. The lowest BCUT2D eigenvalue weighted by atomic mass is 9.82. The highest BCUT2D eigenvalue weighted by Crippen LogP contribution is 2.41. The Balaban J connectivity index is 1.78. The molecule has 108 valence electrons. The monoisotopic (exact) mass is 278 g/mol. The van der Waals surface area contributed by atoms with Gasteiger partial charge in [0.05, 0.1) is 31.6 Å². The number of carbonyl (C=O) groups is 1. The molecule has 1 aromatic heterocycles. The molecule has 3 rings (SSSR count). The summed E-state index contributed by atoms with van der Waals surface area (Å²) in [4.78, 5) is 18.1. The van der Waals surface area contributed by atoms with E-state index in [0.717, 1.165) is 0 Å². The van der Waals surface area contributed by atoms with Crippen LogP contribution >= 0.6 is 0 Å². The molecule has 3 heterocycles. The average molecular weight is 278 g/mol. The Morgan fingerprint density at radius 2 is 2.50 bits per heavy atom. The van der Waals surface area contributed by atoms with Crippen LogP contribution in [-0.4, -0.2) is 60.9 Å². The highest BCUT2D eigenvalue weighted by atomic mass is 16.5. The first kappa shape index (κ1) is 13.3. The lowest BCUT2D eigenvalue weighted by molar-refractivity contribution is 0.0488. The van der Waals surface area contributed by atoms with Crippen molar-refractivity contribution >= 4 is 5.91 Å². The number of fused-ring (bicyclic) bond motifs is 1. The van der Waals surface area contributed by atoms with Gasteiger partial charge in [0.1, 0.15) is 5.75 Å². The van der Waals surface area contributed by atoms with Crippen LogP contribution in [0.15, 0.2) is 18.5 Å². The molecule has 6 nitrogen and oxygen atoms in total. The third kappa shape index (κ3) is 2.14. The van der Waals surface area contributed by atoms with Gasteiger partial charge in [0.2, 0.25) is 0 Å². The summed E-state index contributed by atoms with van der Waals surface area (Å²) < 4.78 is 10.9. The summed E-state index contributed by atoms with van der Waals surface area (Å²) in [7, 11) is 1.67. The first-order valence-electron chi connectivity index (χ1n) is 6.64. The van der Waals surface area contributed by atoms with Crippen LogP contribution in [0, 0.1) is 11.3 Å². The Morgan fingerprint density at radius 1 is 1.65 bits per heavy atom. The third-order valence-electron chi connectivity index (χ3n) is 4.21. The van der Waals surface area contributed by atoms with E-state index in [1.807, 2.05) is 4.90 Å². The van der Waals surface area contributed by atoms with Gasteiger partial charge in [0, 0.05) is 37.7 Å². The van der Waals surface area contributed by atoms with Gasteiger partial charge >= 0.3 is 0 Å². The maximum absolute atomic E-state index is 12.5. The lowest BCUT2D eigenvalue weighted by Gasteiger charge is -2.25. The van der Waals surface area contributed by atoms with E-state index in [4.69, 9.17) is 9.47 Å².